The highest BCUT2D eigenvalue weighted by molar-refractivity contribution is 5.75. The summed E-state index contributed by atoms with van der Waals surface area (Å²) in [6.07, 6.45) is 0. The van der Waals surface area contributed by atoms with Gasteiger partial charge in [0.2, 0.25) is 0 Å². The van der Waals surface area contributed by atoms with E-state index in [1.54, 1.807) is 0 Å². The minimum atomic E-state index is 0.527. The largest absolute Gasteiger partial charge is 0.327 e. The van der Waals surface area contributed by atoms with Crippen LogP contribution < -0.4 is 5.32 Å². The Morgan fingerprint density at radius 2 is 2.05 bits per heavy atom. The third-order valence-electron chi connectivity index (χ3n) is 3.65. The highest BCUT2D eigenvalue weighted by Gasteiger charge is 2.09. The van der Waals surface area contributed by atoms with E-state index >= 15 is 0 Å². The molecule has 0 saturated carbocycles. The molecule has 1 aromatic heterocycles. The highest BCUT2D eigenvalue weighted by Crippen LogP contribution is 2.15. The van der Waals surface area contributed by atoms with Crippen LogP contribution in [0.2, 0.25) is 0 Å². The van der Waals surface area contributed by atoms with E-state index in [0.717, 1.165) is 31.0 Å². The number of imidazole rings is 1. The topological polar surface area (TPSA) is 33.1 Å². The van der Waals surface area contributed by atoms with E-state index in [1.165, 1.54) is 5.52 Å². The molecule has 1 unspecified atom stereocenters. The molecule has 2 aromatic rings. The van der Waals surface area contributed by atoms with Gasteiger partial charge in [-0.1, -0.05) is 12.1 Å². The minimum Gasteiger partial charge on any atom is -0.327 e. The number of rotatable bonds is 6. The Morgan fingerprint density at radius 3 is 2.74 bits per heavy atom. The van der Waals surface area contributed by atoms with Gasteiger partial charge in [-0.15, -0.1) is 0 Å². The minimum absolute atomic E-state index is 0.527. The molecule has 0 spiro atoms. The number of aryl methyl sites for hydroxylation is 1. The van der Waals surface area contributed by atoms with Crippen LogP contribution >= 0.6 is 0 Å². The molecule has 0 aliphatic carbocycles. The SMILES string of the molecule is CCn1c(CNCC(C)N(C)C)nc2ccccc21. The van der Waals surface area contributed by atoms with E-state index in [-0.39, 0.29) is 0 Å². The van der Waals surface area contributed by atoms with E-state index in [2.05, 4.69) is 60.9 Å². The lowest BCUT2D eigenvalue weighted by atomic mass is 10.3. The zero-order valence-electron chi connectivity index (χ0n) is 12.3. The standard InChI is InChI=1S/C15H24N4/c1-5-19-14-9-7-6-8-13(14)17-15(19)11-16-10-12(2)18(3)4/h6-9,12,16H,5,10-11H2,1-4H3. The number of hydrogen-bond acceptors (Lipinski definition) is 3. The maximum Gasteiger partial charge on any atom is 0.123 e. The van der Waals surface area contributed by atoms with Crippen molar-refractivity contribution in [1.82, 2.24) is 19.8 Å². The Hall–Kier alpha value is -1.39. The summed E-state index contributed by atoms with van der Waals surface area (Å²) in [4.78, 5) is 6.93. The fraction of sp³-hybridized carbons (Fsp3) is 0.533. The van der Waals surface area contributed by atoms with E-state index < -0.39 is 0 Å². The lowest BCUT2D eigenvalue weighted by Crippen LogP contribution is -2.35. The summed E-state index contributed by atoms with van der Waals surface area (Å²) in [5.74, 6) is 1.12. The fourth-order valence-corrected chi connectivity index (χ4v) is 2.19. The molecule has 0 bridgehead atoms. The maximum atomic E-state index is 4.71. The van der Waals surface area contributed by atoms with Crippen LogP contribution in [-0.2, 0) is 13.1 Å². The molecule has 0 aliphatic heterocycles. The summed E-state index contributed by atoms with van der Waals surface area (Å²) < 4.78 is 2.28. The van der Waals surface area contributed by atoms with E-state index in [9.17, 15) is 0 Å². The van der Waals surface area contributed by atoms with Gasteiger partial charge in [-0.2, -0.15) is 0 Å². The molecule has 2 rings (SSSR count). The average Bonchev–Trinajstić information content (AvgIpc) is 2.75. The molecule has 0 radical (unpaired) electrons. The molecule has 0 amide bonds. The summed E-state index contributed by atoms with van der Waals surface area (Å²) in [7, 11) is 4.21. The summed E-state index contributed by atoms with van der Waals surface area (Å²) >= 11 is 0. The molecule has 4 nitrogen and oxygen atoms in total. The van der Waals surface area contributed by atoms with Crippen LogP contribution in [0.4, 0.5) is 0 Å². The maximum absolute atomic E-state index is 4.71. The van der Waals surface area contributed by atoms with Crippen LogP contribution in [0.3, 0.4) is 0 Å². The molecule has 19 heavy (non-hydrogen) atoms. The monoisotopic (exact) mass is 260 g/mol. The normalized spacial score (nSPS) is 13.3. The smallest absolute Gasteiger partial charge is 0.123 e. The number of benzene rings is 1. The summed E-state index contributed by atoms with van der Waals surface area (Å²) in [5, 5.41) is 3.49. The zero-order valence-corrected chi connectivity index (χ0v) is 12.3. The number of nitrogens with zero attached hydrogens (tertiary/aromatic N) is 3. The third kappa shape index (κ3) is 3.14. The van der Waals surface area contributed by atoms with Gasteiger partial charge in [0.05, 0.1) is 17.6 Å². The van der Waals surface area contributed by atoms with Crippen molar-refractivity contribution in [3.8, 4) is 0 Å². The number of likely N-dealkylation sites (N-methyl/N-ethyl adjacent to an activating group) is 1. The quantitative estimate of drug-likeness (QED) is 0.863. The number of hydrogen-bond donors (Lipinski definition) is 1. The number of aromatic nitrogens is 2. The van der Waals surface area contributed by atoms with Crippen molar-refractivity contribution in [2.45, 2.75) is 33.0 Å². The molecule has 1 atom stereocenters. The van der Waals surface area contributed by atoms with Gasteiger partial charge in [0, 0.05) is 19.1 Å². The average molecular weight is 260 g/mol. The predicted octanol–water partition coefficient (Wildman–Crippen LogP) is 2.10. The van der Waals surface area contributed by atoms with Crippen LogP contribution in [0.15, 0.2) is 24.3 Å². The van der Waals surface area contributed by atoms with Gasteiger partial charge in [0.1, 0.15) is 5.82 Å². The van der Waals surface area contributed by atoms with Gasteiger partial charge in [-0.05, 0) is 40.1 Å². The predicted molar refractivity (Wildman–Crippen MR) is 80.3 cm³/mol. The zero-order chi connectivity index (χ0) is 13.8. The summed E-state index contributed by atoms with van der Waals surface area (Å²) in [5.41, 5.74) is 2.31. The molecule has 0 fully saturated rings. The number of para-hydroxylation sites is 2. The number of fused-ring (bicyclic) bond motifs is 1. The second kappa shape index (κ2) is 6.17. The molecule has 104 valence electrons. The summed E-state index contributed by atoms with van der Waals surface area (Å²) in [6, 6.07) is 8.85. The highest BCUT2D eigenvalue weighted by atomic mass is 15.1. The molecule has 1 aromatic carbocycles. The van der Waals surface area contributed by atoms with Crippen molar-refractivity contribution >= 4 is 11.0 Å². The molecule has 1 heterocycles. The fourth-order valence-electron chi connectivity index (χ4n) is 2.19. The molecule has 4 heteroatoms. The van der Waals surface area contributed by atoms with Gasteiger partial charge in [0.15, 0.2) is 0 Å². The second-order valence-corrected chi connectivity index (χ2v) is 5.20. The van der Waals surface area contributed by atoms with Crippen molar-refractivity contribution in [2.75, 3.05) is 20.6 Å². The Bertz CT molecular complexity index is 530. The van der Waals surface area contributed by atoms with Crippen molar-refractivity contribution in [2.24, 2.45) is 0 Å². The lowest BCUT2D eigenvalue weighted by molar-refractivity contribution is 0.301. The Labute approximate surface area is 115 Å². The first kappa shape index (κ1) is 14.0. The van der Waals surface area contributed by atoms with Crippen LogP contribution in [-0.4, -0.2) is 41.1 Å². The lowest BCUT2D eigenvalue weighted by Gasteiger charge is -2.20. The van der Waals surface area contributed by atoms with Crippen LogP contribution in [0, 0.1) is 0 Å². The summed E-state index contributed by atoms with van der Waals surface area (Å²) in [6.45, 7) is 7.14. The Morgan fingerprint density at radius 1 is 1.32 bits per heavy atom. The molecular weight excluding hydrogens is 236 g/mol. The molecule has 0 saturated heterocycles. The van der Waals surface area contributed by atoms with Gasteiger partial charge in [-0.25, -0.2) is 4.98 Å². The van der Waals surface area contributed by atoms with Crippen molar-refractivity contribution in [1.29, 1.82) is 0 Å². The van der Waals surface area contributed by atoms with E-state index in [1.807, 2.05) is 6.07 Å². The second-order valence-electron chi connectivity index (χ2n) is 5.20. The van der Waals surface area contributed by atoms with Crippen molar-refractivity contribution in [3.63, 3.8) is 0 Å². The first-order valence-corrected chi connectivity index (χ1v) is 6.94. The molecular formula is C15H24N4. The van der Waals surface area contributed by atoms with Gasteiger partial charge in [0.25, 0.3) is 0 Å². The first-order valence-electron chi connectivity index (χ1n) is 6.94. The van der Waals surface area contributed by atoms with E-state index in [0.29, 0.717) is 6.04 Å². The van der Waals surface area contributed by atoms with Crippen molar-refractivity contribution < 1.29 is 0 Å². The molecule has 1 N–H and O–H groups in total. The third-order valence-corrected chi connectivity index (χ3v) is 3.65. The molecule has 0 aliphatic rings. The van der Waals surface area contributed by atoms with Crippen molar-refractivity contribution in [3.05, 3.63) is 30.1 Å². The Kier molecular flexibility index (Phi) is 4.56. The first-order chi connectivity index (χ1) is 9.13. The van der Waals surface area contributed by atoms with Gasteiger partial charge in [-0.3, -0.25) is 0 Å². The van der Waals surface area contributed by atoms with Gasteiger partial charge < -0.3 is 14.8 Å². The van der Waals surface area contributed by atoms with E-state index in [4.69, 9.17) is 4.98 Å². The van der Waals surface area contributed by atoms with Gasteiger partial charge >= 0.3 is 0 Å². The van der Waals surface area contributed by atoms with Crippen LogP contribution in [0.5, 0.6) is 0 Å². The van der Waals surface area contributed by atoms with Crippen LogP contribution in [0.1, 0.15) is 19.7 Å². The van der Waals surface area contributed by atoms with Crippen LogP contribution in [0.25, 0.3) is 11.0 Å². The number of nitrogens with one attached hydrogen (secondary N) is 1. The Balaban J connectivity index is 2.08.